The maximum atomic E-state index is 12.3. The third kappa shape index (κ3) is 7.05. The van der Waals surface area contributed by atoms with Crippen molar-refractivity contribution >= 4 is 12.1 Å². The molecule has 1 saturated heterocycles. The third-order valence-corrected chi connectivity index (χ3v) is 5.00. The van der Waals surface area contributed by atoms with Crippen LogP contribution < -0.4 is 0 Å². The highest BCUT2D eigenvalue weighted by Gasteiger charge is 2.27. The van der Waals surface area contributed by atoms with Crippen LogP contribution in [0.1, 0.15) is 61.2 Å². The molecule has 2 aromatic rings. The molecular weight excluding hydrogens is 414 g/mol. The molecule has 174 valence electrons. The molecule has 0 aliphatic carbocycles. The van der Waals surface area contributed by atoms with Gasteiger partial charge in [0.05, 0.1) is 19.3 Å². The smallest absolute Gasteiger partial charge is 0.410 e. The Bertz CT molecular complexity index is 903. The average Bonchev–Trinajstić information content (AvgIpc) is 3.20. The lowest BCUT2D eigenvalue weighted by atomic mass is 9.99. The van der Waals surface area contributed by atoms with Gasteiger partial charge in [-0.1, -0.05) is 17.3 Å². The number of carbonyl (C=O) groups excluding carboxylic acids is 2. The number of hydrogen-bond donors (Lipinski definition) is 0. The van der Waals surface area contributed by atoms with E-state index in [9.17, 15) is 9.59 Å². The highest BCUT2D eigenvalue weighted by atomic mass is 16.6. The van der Waals surface area contributed by atoms with Gasteiger partial charge in [-0.15, -0.1) is 0 Å². The molecule has 0 unspecified atom stereocenters. The maximum absolute atomic E-state index is 12.3. The van der Waals surface area contributed by atoms with Crippen molar-refractivity contribution in [3.8, 4) is 0 Å². The van der Waals surface area contributed by atoms with E-state index in [-0.39, 0.29) is 24.6 Å². The Morgan fingerprint density at radius 2 is 1.97 bits per heavy atom. The summed E-state index contributed by atoms with van der Waals surface area (Å²) in [6.45, 7) is 7.65. The Balaban J connectivity index is 1.43. The summed E-state index contributed by atoms with van der Waals surface area (Å²) in [6.07, 6.45) is 2.13. The van der Waals surface area contributed by atoms with Gasteiger partial charge in [-0.2, -0.15) is 4.98 Å². The minimum atomic E-state index is -0.500. The second-order valence-corrected chi connectivity index (χ2v) is 8.92. The van der Waals surface area contributed by atoms with Crippen LogP contribution in [0, 0.1) is 5.92 Å². The molecule has 9 nitrogen and oxygen atoms in total. The quantitative estimate of drug-likeness (QED) is 0.596. The van der Waals surface area contributed by atoms with E-state index in [1.807, 2.05) is 32.9 Å². The fourth-order valence-electron chi connectivity index (χ4n) is 3.49. The molecule has 0 bridgehead atoms. The number of amides is 1. The number of piperidine rings is 1. The van der Waals surface area contributed by atoms with Crippen LogP contribution in [0.4, 0.5) is 4.79 Å². The first-order valence-electron chi connectivity index (χ1n) is 10.8. The Kier molecular flexibility index (Phi) is 7.84. The van der Waals surface area contributed by atoms with Crippen LogP contribution in [0.15, 0.2) is 28.8 Å². The number of methoxy groups -OCH3 is 1. The van der Waals surface area contributed by atoms with Crippen LogP contribution in [0.2, 0.25) is 0 Å². The number of benzene rings is 1. The molecule has 1 aliphatic rings. The van der Waals surface area contributed by atoms with E-state index in [0.717, 1.165) is 18.4 Å². The number of rotatable bonds is 7. The monoisotopic (exact) mass is 445 g/mol. The zero-order valence-electron chi connectivity index (χ0n) is 19.1. The largest absolute Gasteiger partial charge is 0.465 e. The normalized spacial score (nSPS) is 16.6. The number of carbonyl (C=O) groups is 2. The lowest BCUT2D eigenvalue weighted by Crippen LogP contribution is -2.43. The molecule has 1 aromatic carbocycles. The molecule has 1 aromatic heterocycles. The number of ether oxygens (including phenoxy) is 3. The molecule has 1 aliphatic heterocycles. The van der Waals surface area contributed by atoms with Gasteiger partial charge in [0.25, 0.3) is 5.89 Å². The van der Waals surface area contributed by atoms with Crippen molar-refractivity contribution in [1.29, 1.82) is 0 Å². The molecule has 1 atom stereocenters. The standard InChI is InChI=1S/C23H31N3O6/c1-23(2,3)31-22(28)26-11-5-6-17(13-26)14-30-15-20-24-19(25-32-20)12-16-7-9-18(10-8-16)21(27)29-4/h7-10,17H,5-6,11-15H2,1-4H3/t17-/m1/s1. The van der Waals surface area contributed by atoms with Gasteiger partial charge < -0.3 is 23.6 Å². The topological polar surface area (TPSA) is 104 Å². The van der Waals surface area contributed by atoms with Crippen molar-refractivity contribution in [1.82, 2.24) is 15.0 Å². The van der Waals surface area contributed by atoms with Crippen molar-refractivity contribution < 1.29 is 28.3 Å². The van der Waals surface area contributed by atoms with Gasteiger partial charge in [-0.25, -0.2) is 9.59 Å². The summed E-state index contributed by atoms with van der Waals surface area (Å²) in [5.74, 6) is 0.823. The van der Waals surface area contributed by atoms with Crippen molar-refractivity contribution in [2.75, 3.05) is 26.8 Å². The summed E-state index contributed by atoms with van der Waals surface area (Å²) in [5, 5.41) is 3.99. The van der Waals surface area contributed by atoms with Crippen LogP contribution in [0.25, 0.3) is 0 Å². The van der Waals surface area contributed by atoms with Crippen molar-refractivity contribution in [2.24, 2.45) is 5.92 Å². The Labute approximate surface area is 188 Å². The van der Waals surface area contributed by atoms with Gasteiger partial charge in [0.15, 0.2) is 5.82 Å². The van der Waals surface area contributed by atoms with Crippen molar-refractivity contribution in [3.05, 3.63) is 47.1 Å². The van der Waals surface area contributed by atoms with Gasteiger partial charge >= 0.3 is 12.1 Å². The summed E-state index contributed by atoms with van der Waals surface area (Å²) < 4.78 is 21.2. The lowest BCUT2D eigenvalue weighted by molar-refractivity contribution is 0.00374. The van der Waals surface area contributed by atoms with Crippen LogP contribution in [-0.2, 0) is 27.2 Å². The second kappa shape index (κ2) is 10.6. The molecular formula is C23H31N3O6. The highest BCUT2D eigenvalue weighted by molar-refractivity contribution is 5.89. The zero-order chi connectivity index (χ0) is 23.1. The van der Waals surface area contributed by atoms with E-state index >= 15 is 0 Å². The molecule has 32 heavy (non-hydrogen) atoms. The maximum Gasteiger partial charge on any atom is 0.410 e. The molecule has 2 heterocycles. The Morgan fingerprint density at radius 1 is 1.22 bits per heavy atom. The predicted molar refractivity (Wildman–Crippen MR) is 115 cm³/mol. The summed E-state index contributed by atoms with van der Waals surface area (Å²) in [6, 6.07) is 7.07. The van der Waals surface area contributed by atoms with Crippen LogP contribution >= 0.6 is 0 Å². The number of likely N-dealkylation sites (tertiary alicyclic amines) is 1. The van der Waals surface area contributed by atoms with E-state index in [2.05, 4.69) is 10.1 Å². The number of esters is 1. The van der Waals surface area contributed by atoms with E-state index in [4.69, 9.17) is 18.7 Å². The average molecular weight is 446 g/mol. The number of aromatic nitrogens is 2. The second-order valence-electron chi connectivity index (χ2n) is 8.92. The Hall–Kier alpha value is -2.94. The van der Waals surface area contributed by atoms with E-state index < -0.39 is 5.60 Å². The van der Waals surface area contributed by atoms with E-state index in [0.29, 0.717) is 43.4 Å². The van der Waals surface area contributed by atoms with Gasteiger partial charge in [-0.05, 0) is 51.3 Å². The molecule has 0 saturated carbocycles. The summed E-state index contributed by atoms with van der Waals surface area (Å²) in [4.78, 5) is 29.9. The molecule has 0 N–H and O–H groups in total. The minimum Gasteiger partial charge on any atom is -0.465 e. The molecule has 0 radical (unpaired) electrons. The molecule has 1 fully saturated rings. The number of hydrogen-bond acceptors (Lipinski definition) is 8. The summed E-state index contributed by atoms with van der Waals surface area (Å²) >= 11 is 0. The lowest BCUT2D eigenvalue weighted by Gasteiger charge is -2.33. The first-order valence-corrected chi connectivity index (χ1v) is 10.8. The number of nitrogens with zero attached hydrogens (tertiary/aromatic N) is 3. The van der Waals surface area contributed by atoms with Crippen molar-refractivity contribution in [2.45, 2.75) is 52.2 Å². The highest BCUT2D eigenvalue weighted by Crippen LogP contribution is 2.20. The minimum absolute atomic E-state index is 0.219. The predicted octanol–water partition coefficient (Wildman–Crippen LogP) is 3.61. The summed E-state index contributed by atoms with van der Waals surface area (Å²) in [7, 11) is 1.35. The van der Waals surface area contributed by atoms with Gasteiger partial charge in [0, 0.05) is 25.4 Å². The van der Waals surface area contributed by atoms with E-state index in [1.165, 1.54) is 7.11 Å². The third-order valence-electron chi connectivity index (χ3n) is 5.00. The van der Waals surface area contributed by atoms with E-state index in [1.54, 1.807) is 17.0 Å². The first kappa shape index (κ1) is 23.7. The molecule has 3 rings (SSSR count). The van der Waals surface area contributed by atoms with Crippen LogP contribution in [0.3, 0.4) is 0 Å². The molecule has 0 spiro atoms. The molecule has 9 heteroatoms. The van der Waals surface area contributed by atoms with Gasteiger partial charge in [0.2, 0.25) is 0 Å². The fourth-order valence-corrected chi connectivity index (χ4v) is 3.49. The molecule has 1 amide bonds. The summed E-state index contributed by atoms with van der Waals surface area (Å²) in [5.41, 5.74) is 0.946. The zero-order valence-corrected chi connectivity index (χ0v) is 19.1. The van der Waals surface area contributed by atoms with Gasteiger partial charge in [-0.3, -0.25) is 0 Å². The SMILES string of the molecule is COC(=O)c1ccc(Cc2noc(COC[C@@H]3CCCN(C(=O)OC(C)(C)C)C3)n2)cc1. The fraction of sp³-hybridized carbons (Fsp3) is 0.565. The first-order chi connectivity index (χ1) is 15.2. The van der Waals surface area contributed by atoms with Crippen LogP contribution in [-0.4, -0.2) is 59.5 Å². The Morgan fingerprint density at radius 3 is 2.66 bits per heavy atom. The van der Waals surface area contributed by atoms with Crippen molar-refractivity contribution in [3.63, 3.8) is 0 Å². The van der Waals surface area contributed by atoms with Gasteiger partial charge in [0.1, 0.15) is 12.2 Å². The van der Waals surface area contributed by atoms with Crippen LogP contribution in [0.5, 0.6) is 0 Å².